The number of carbonyl (C=O) groups excluding carboxylic acids is 2. The van der Waals surface area contributed by atoms with Crippen molar-refractivity contribution in [2.24, 2.45) is 0 Å². The number of methoxy groups -OCH3 is 2. The molecule has 1 spiro atoms. The number of benzene rings is 2. The van der Waals surface area contributed by atoms with E-state index in [-0.39, 0.29) is 25.2 Å². The molecule has 3 aliphatic heterocycles. The first-order valence-corrected chi connectivity index (χ1v) is 12.1. The van der Waals surface area contributed by atoms with E-state index in [1.54, 1.807) is 43.4 Å². The molecule has 6 atom stereocenters. The van der Waals surface area contributed by atoms with Crippen molar-refractivity contribution in [2.75, 3.05) is 28.1 Å². The van der Waals surface area contributed by atoms with Gasteiger partial charge in [-0.25, -0.2) is 4.79 Å². The van der Waals surface area contributed by atoms with Crippen molar-refractivity contribution in [3.8, 4) is 11.5 Å². The summed E-state index contributed by atoms with van der Waals surface area (Å²) in [5, 5.41) is 0. The maximum Gasteiger partial charge on any atom is 0.338 e. The zero-order valence-electron chi connectivity index (χ0n) is 20.3. The van der Waals surface area contributed by atoms with Crippen molar-refractivity contribution in [3.63, 3.8) is 0 Å². The van der Waals surface area contributed by atoms with Crippen LogP contribution in [0.1, 0.15) is 46.9 Å². The molecule has 0 radical (unpaired) electrons. The fourth-order valence-corrected chi connectivity index (χ4v) is 7.72. The highest BCUT2D eigenvalue weighted by molar-refractivity contribution is 5.89. The van der Waals surface area contributed by atoms with Crippen molar-refractivity contribution in [1.82, 2.24) is 4.90 Å². The number of rotatable bonds is 4. The van der Waals surface area contributed by atoms with Gasteiger partial charge in [0.15, 0.2) is 17.6 Å². The lowest BCUT2D eigenvalue weighted by Gasteiger charge is -2.61. The Labute approximate surface area is 208 Å². The third kappa shape index (κ3) is 2.37. The normalized spacial score (nSPS) is 37.0. The summed E-state index contributed by atoms with van der Waals surface area (Å²) in [5.41, 5.74) is 0.729. The third-order valence-electron chi connectivity index (χ3n) is 9.06. The highest BCUT2D eigenvalue weighted by Crippen LogP contribution is 2.72. The summed E-state index contributed by atoms with van der Waals surface area (Å²) < 4.78 is 36.6. The van der Waals surface area contributed by atoms with Crippen LogP contribution in [0, 0.1) is 0 Å². The second-order valence-corrected chi connectivity index (χ2v) is 10.2. The summed E-state index contributed by atoms with van der Waals surface area (Å²) in [6, 6.07) is 12.8. The van der Waals surface area contributed by atoms with E-state index in [4.69, 9.17) is 28.4 Å². The number of amides is 1. The second-order valence-electron chi connectivity index (χ2n) is 10.2. The Morgan fingerprint density at radius 1 is 1.08 bits per heavy atom. The fraction of sp³-hybridized carbons (Fsp3) is 0.481. The minimum absolute atomic E-state index is 0.0175. The van der Waals surface area contributed by atoms with Crippen LogP contribution in [0.2, 0.25) is 0 Å². The zero-order valence-corrected chi connectivity index (χ0v) is 20.3. The molecule has 9 nitrogen and oxygen atoms in total. The van der Waals surface area contributed by atoms with Gasteiger partial charge in [0, 0.05) is 39.5 Å². The Kier molecular flexibility index (Phi) is 4.43. The van der Waals surface area contributed by atoms with E-state index >= 15 is 0 Å². The molecule has 1 saturated carbocycles. The van der Waals surface area contributed by atoms with Crippen LogP contribution >= 0.6 is 0 Å². The van der Waals surface area contributed by atoms with Gasteiger partial charge in [0.1, 0.15) is 11.6 Å². The van der Waals surface area contributed by atoms with Crippen LogP contribution in [0.3, 0.4) is 0 Å². The van der Waals surface area contributed by atoms with Crippen LogP contribution in [0.5, 0.6) is 11.5 Å². The van der Waals surface area contributed by atoms with E-state index in [2.05, 4.69) is 0 Å². The SMILES string of the molecule is CO[C@H]1[C@@H](OC(=O)c2ccccc2)CC23CC(=O)N(C)C24C[C@H](OC14OC)c1cc2c(cc13)OCO2. The summed E-state index contributed by atoms with van der Waals surface area (Å²) in [5.74, 6) is -0.554. The first kappa shape index (κ1) is 22.1. The van der Waals surface area contributed by atoms with E-state index in [0.717, 1.165) is 11.1 Å². The second kappa shape index (κ2) is 7.21. The van der Waals surface area contributed by atoms with E-state index in [1.807, 2.05) is 25.2 Å². The first-order valence-electron chi connectivity index (χ1n) is 12.1. The third-order valence-corrected chi connectivity index (χ3v) is 9.06. The number of esters is 1. The van der Waals surface area contributed by atoms with Crippen molar-refractivity contribution in [3.05, 3.63) is 59.2 Å². The Bertz CT molecular complexity index is 1280. The van der Waals surface area contributed by atoms with Crippen molar-refractivity contribution >= 4 is 11.9 Å². The molecule has 9 heteroatoms. The lowest BCUT2D eigenvalue weighted by Crippen LogP contribution is -2.78. The summed E-state index contributed by atoms with van der Waals surface area (Å²) in [6.07, 6.45) is -0.728. The van der Waals surface area contributed by atoms with Crippen LogP contribution in [0.25, 0.3) is 0 Å². The molecule has 3 fully saturated rings. The zero-order chi connectivity index (χ0) is 24.9. The molecule has 2 aromatic rings. The van der Waals surface area contributed by atoms with Crippen LogP contribution in [-0.4, -0.2) is 68.4 Å². The molecule has 188 valence electrons. The van der Waals surface area contributed by atoms with Crippen LogP contribution in [0.4, 0.5) is 0 Å². The Morgan fingerprint density at radius 3 is 2.56 bits per heavy atom. The van der Waals surface area contributed by atoms with Crippen molar-refractivity contribution in [2.45, 2.75) is 54.3 Å². The fourth-order valence-electron chi connectivity index (χ4n) is 7.72. The molecular formula is C27H27NO8. The van der Waals surface area contributed by atoms with Gasteiger partial charge >= 0.3 is 5.97 Å². The van der Waals surface area contributed by atoms with Crippen molar-refractivity contribution in [1.29, 1.82) is 0 Å². The number of nitrogens with zero attached hydrogens (tertiary/aromatic N) is 1. The molecular weight excluding hydrogens is 466 g/mol. The lowest BCUT2D eigenvalue weighted by atomic mass is 9.50. The van der Waals surface area contributed by atoms with Gasteiger partial charge in [0.25, 0.3) is 0 Å². The van der Waals surface area contributed by atoms with Gasteiger partial charge in [-0.1, -0.05) is 18.2 Å². The summed E-state index contributed by atoms with van der Waals surface area (Å²) in [7, 11) is 4.94. The van der Waals surface area contributed by atoms with Gasteiger partial charge in [-0.05, 0) is 41.8 Å². The predicted molar refractivity (Wildman–Crippen MR) is 124 cm³/mol. The molecule has 0 N–H and O–H groups in total. The van der Waals surface area contributed by atoms with Gasteiger partial charge in [0.05, 0.1) is 11.7 Å². The van der Waals surface area contributed by atoms with Crippen LogP contribution in [0.15, 0.2) is 42.5 Å². The van der Waals surface area contributed by atoms with Gasteiger partial charge in [-0.15, -0.1) is 0 Å². The molecule has 0 aromatic heterocycles. The molecule has 3 unspecified atom stereocenters. The average Bonchev–Trinajstić information content (AvgIpc) is 3.55. The number of likely N-dealkylation sites (tertiary alicyclic amines) is 1. The predicted octanol–water partition coefficient (Wildman–Crippen LogP) is 2.72. The summed E-state index contributed by atoms with van der Waals surface area (Å²) >= 11 is 0. The number of carbonyl (C=O) groups is 2. The minimum atomic E-state index is -1.36. The largest absolute Gasteiger partial charge is 0.456 e. The molecule has 1 amide bonds. The van der Waals surface area contributed by atoms with E-state index < -0.39 is 34.9 Å². The number of likely N-dealkylation sites (N-methyl/N-ethyl adjacent to an activating group) is 1. The lowest BCUT2D eigenvalue weighted by molar-refractivity contribution is -0.338. The highest BCUT2D eigenvalue weighted by atomic mass is 16.7. The average molecular weight is 494 g/mol. The number of ether oxygens (including phenoxy) is 6. The molecule has 36 heavy (non-hydrogen) atoms. The number of hydrogen-bond acceptors (Lipinski definition) is 8. The van der Waals surface area contributed by atoms with Crippen molar-refractivity contribution < 1.29 is 38.0 Å². The van der Waals surface area contributed by atoms with E-state index in [0.29, 0.717) is 29.9 Å². The quantitative estimate of drug-likeness (QED) is 0.601. The maximum absolute atomic E-state index is 13.5. The molecule has 2 aromatic carbocycles. The van der Waals surface area contributed by atoms with Gasteiger partial charge in [-0.2, -0.15) is 0 Å². The van der Waals surface area contributed by atoms with Gasteiger partial charge in [0.2, 0.25) is 18.5 Å². The summed E-state index contributed by atoms with van der Waals surface area (Å²) in [4.78, 5) is 28.5. The molecule has 5 aliphatic rings. The smallest absolute Gasteiger partial charge is 0.338 e. The van der Waals surface area contributed by atoms with E-state index in [9.17, 15) is 9.59 Å². The van der Waals surface area contributed by atoms with E-state index in [1.165, 1.54) is 0 Å². The Balaban J connectivity index is 1.44. The van der Waals surface area contributed by atoms with Gasteiger partial charge in [-0.3, -0.25) is 4.79 Å². The Hall–Kier alpha value is -3.14. The first-order chi connectivity index (χ1) is 17.4. The molecule has 2 bridgehead atoms. The molecule has 3 heterocycles. The standard InChI is InChI=1S/C27H27NO8/c1-28-22(29)13-25-11-21(35-24(30)15-7-5-4-6-8-15)23(31-2)27(32-3)26(25,28)12-20(36-27)16-9-18-19(10-17(16)25)34-14-33-18/h4-10,20-21,23H,11-14H2,1-3H3/t20-,21-,23-,25?,26?,27?/m0/s1. The van der Waals surface area contributed by atoms with Crippen LogP contribution < -0.4 is 9.47 Å². The monoisotopic (exact) mass is 493 g/mol. The highest BCUT2D eigenvalue weighted by Gasteiger charge is 2.84. The number of hydrogen-bond donors (Lipinski definition) is 0. The topological polar surface area (TPSA) is 92.8 Å². The Morgan fingerprint density at radius 2 is 1.83 bits per heavy atom. The maximum atomic E-state index is 13.5. The molecule has 7 rings (SSSR count). The number of fused-ring (bicyclic) bond motifs is 4. The molecule has 2 aliphatic carbocycles. The molecule has 2 saturated heterocycles. The minimum Gasteiger partial charge on any atom is -0.456 e. The van der Waals surface area contributed by atoms with Gasteiger partial charge < -0.3 is 33.3 Å². The van der Waals surface area contributed by atoms with Crippen LogP contribution in [-0.2, 0) is 29.2 Å². The summed E-state index contributed by atoms with van der Waals surface area (Å²) in [6.45, 7) is 0.145.